The quantitative estimate of drug-likeness (QED) is 0.689. The number of imide groups is 1. The zero-order valence-electron chi connectivity index (χ0n) is 17.7. The number of hydrogen-bond donors (Lipinski definition) is 0. The van der Waals surface area contributed by atoms with Crippen LogP contribution in [0.15, 0.2) is 30.3 Å². The number of thioether (sulfide) groups is 1. The van der Waals surface area contributed by atoms with Crippen molar-refractivity contribution in [1.82, 2.24) is 14.7 Å². The van der Waals surface area contributed by atoms with Crippen molar-refractivity contribution in [2.45, 2.75) is 63.6 Å². The predicted molar refractivity (Wildman–Crippen MR) is 118 cm³/mol. The molecule has 6 heteroatoms. The highest BCUT2D eigenvalue weighted by atomic mass is 32.2. The van der Waals surface area contributed by atoms with Gasteiger partial charge in [0, 0.05) is 31.7 Å². The Morgan fingerprint density at radius 2 is 1.72 bits per heavy atom. The minimum atomic E-state index is -0.643. The maximum Gasteiger partial charge on any atom is 0.327 e. The lowest BCUT2D eigenvalue weighted by Gasteiger charge is -2.45. The van der Waals surface area contributed by atoms with Crippen LogP contribution >= 0.6 is 11.8 Å². The molecule has 3 heterocycles. The highest BCUT2D eigenvalue weighted by Crippen LogP contribution is 2.39. The van der Waals surface area contributed by atoms with Gasteiger partial charge in [0.15, 0.2) is 0 Å². The Morgan fingerprint density at radius 1 is 1.07 bits per heavy atom. The second-order valence-corrected chi connectivity index (χ2v) is 10.1. The Labute approximate surface area is 178 Å². The van der Waals surface area contributed by atoms with Crippen LogP contribution in [0.3, 0.4) is 0 Å². The summed E-state index contributed by atoms with van der Waals surface area (Å²) < 4.78 is 0. The number of rotatable bonds is 5. The maximum absolute atomic E-state index is 13.5. The van der Waals surface area contributed by atoms with Crippen molar-refractivity contribution in [3.05, 3.63) is 35.9 Å². The average molecular weight is 416 g/mol. The smallest absolute Gasteiger partial charge is 0.309 e. The monoisotopic (exact) mass is 415 g/mol. The third-order valence-corrected chi connectivity index (χ3v) is 7.94. The van der Waals surface area contributed by atoms with Crippen molar-refractivity contribution >= 4 is 23.7 Å². The number of amides is 3. The molecule has 0 atom stereocenters. The van der Waals surface area contributed by atoms with Gasteiger partial charge in [-0.2, -0.15) is 11.8 Å². The van der Waals surface area contributed by atoms with Gasteiger partial charge in [0.1, 0.15) is 5.54 Å². The summed E-state index contributed by atoms with van der Waals surface area (Å²) in [5.41, 5.74) is 0.568. The molecular weight excluding hydrogens is 382 g/mol. The molecule has 3 amide bonds. The summed E-state index contributed by atoms with van der Waals surface area (Å²) in [5.74, 6) is 2.52. The molecule has 0 unspecified atom stereocenters. The summed E-state index contributed by atoms with van der Waals surface area (Å²) >= 11 is 2.05. The van der Waals surface area contributed by atoms with Gasteiger partial charge in [-0.3, -0.25) is 9.69 Å². The van der Waals surface area contributed by atoms with E-state index in [-0.39, 0.29) is 18.0 Å². The van der Waals surface area contributed by atoms with Crippen LogP contribution in [0, 0.1) is 0 Å². The summed E-state index contributed by atoms with van der Waals surface area (Å²) in [7, 11) is 0. The van der Waals surface area contributed by atoms with Gasteiger partial charge in [-0.1, -0.05) is 30.3 Å². The number of hydrogen-bond acceptors (Lipinski definition) is 4. The van der Waals surface area contributed by atoms with Crippen LogP contribution < -0.4 is 0 Å². The van der Waals surface area contributed by atoms with Crippen molar-refractivity contribution in [2.24, 2.45) is 0 Å². The van der Waals surface area contributed by atoms with Gasteiger partial charge in [0.2, 0.25) is 0 Å². The van der Waals surface area contributed by atoms with E-state index < -0.39 is 5.54 Å². The topological polar surface area (TPSA) is 43.9 Å². The fourth-order valence-electron chi connectivity index (χ4n) is 5.18. The lowest BCUT2D eigenvalue weighted by molar-refractivity contribution is -0.137. The fourth-order valence-corrected chi connectivity index (χ4v) is 6.27. The standard InChI is InChI=1S/C23H33N3O2S/c1-18(2)26-21(27)23(11-14-24(15-12-23)20-9-16-29-17-10-20)25(22(26)28)13-8-19-6-4-3-5-7-19/h3-7,18,20H,8-17H2,1-2H3. The number of likely N-dealkylation sites (tertiary alicyclic amines) is 1. The molecule has 0 aromatic heterocycles. The Hall–Kier alpha value is -1.53. The van der Waals surface area contributed by atoms with Gasteiger partial charge in [-0.25, -0.2) is 4.79 Å². The van der Waals surface area contributed by atoms with Gasteiger partial charge in [0.25, 0.3) is 5.91 Å². The van der Waals surface area contributed by atoms with Gasteiger partial charge >= 0.3 is 6.03 Å². The fraction of sp³-hybridized carbons (Fsp3) is 0.652. The Morgan fingerprint density at radius 3 is 2.34 bits per heavy atom. The van der Waals surface area contributed by atoms with E-state index in [1.165, 1.54) is 34.8 Å². The summed E-state index contributed by atoms with van der Waals surface area (Å²) in [6.07, 6.45) is 4.82. The highest BCUT2D eigenvalue weighted by Gasteiger charge is 2.58. The molecule has 158 valence electrons. The summed E-state index contributed by atoms with van der Waals surface area (Å²) in [6.45, 7) is 6.33. The van der Waals surface area contributed by atoms with Gasteiger partial charge in [-0.05, 0) is 63.0 Å². The largest absolute Gasteiger partial charge is 0.327 e. The van der Waals surface area contributed by atoms with E-state index in [1.54, 1.807) is 0 Å². The zero-order valence-corrected chi connectivity index (χ0v) is 18.5. The molecule has 4 rings (SSSR count). The van der Waals surface area contributed by atoms with Gasteiger partial charge < -0.3 is 9.80 Å². The van der Waals surface area contributed by atoms with E-state index in [9.17, 15) is 9.59 Å². The average Bonchev–Trinajstić information content (AvgIpc) is 2.94. The van der Waals surface area contributed by atoms with Crippen molar-refractivity contribution in [3.8, 4) is 0 Å². The number of carbonyl (C=O) groups excluding carboxylic acids is 2. The second-order valence-electron chi connectivity index (χ2n) is 8.85. The summed E-state index contributed by atoms with van der Waals surface area (Å²) in [5, 5.41) is 0. The SMILES string of the molecule is CC(C)N1C(=O)N(CCc2ccccc2)C2(CCN(C3CCSCC3)CC2)C1=O. The van der Waals surface area contributed by atoms with Crippen molar-refractivity contribution in [3.63, 3.8) is 0 Å². The number of nitrogens with zero attached hydrogens (tertiary/aromatic N) is 3. The van der Waals surface area contributed by atoms with Crippen molar-refractivity contribution < 1.29 is 9.59 Å². The third-order valence-electron chi connectivity index (χ3n) is 6.89. The molecule has 1 aromatic rings. The third kappa shape index (κ3) is 3.93. The van der Waals surface area contributed by atoms with Crippen LogP contribution in [-0.2, 0) is 11.2 Å². The van der Waals surface area contributed by atoms with E-state index in [1.807, 2.05) is 36.9 Å². The Kier molecular flexibility index (Phi) is 6.21. The van der Waals surface area contributed by atoms with Crippen molar-refractivity contribution in [1.29, 1.82) is 0 Å². The van der Waals surface area contributed by atoms with E-state index in [0.29, 0.717) is 12.6 Å². The van der Waals surface area contributed by atoms with Crippen LogP contribution in [0.1, 0.15) is 45.1 Å². The van der Waals surface area contributed by atoms with E-state index >= 15 is 0 Å². The second kappa shape index (κ2) is 8.68. The van der Waals surface area contributed by atoms with E-state index in [0.717, 1.165) is 32.4 Å². The predicted octanol–water partition coefficient (Wildman–Crippen LogP) is 3.63. The van der Waals surface area contributed by atoms with Crippen LogP contribution in [0.5, 0.6) is 0 Å². The molecule has 0 bridgehead atoms. The first-order valence-electron chi connectivity index (χ1n) is 11.0. The highest BCUT2D eigenvalue weighted by molar-refractivity contribution is 7.99. The molecule has 3 aliphatic heterocycles. The zero-order chi connectivity index (χ0) is 20.4. The molecule has 0 saturated carbocycles. The van der Waals surface area contributed by atoms with E-state index in [4.69, 9.17) is 0 Å². The summed E-state index contributed by atoms with van der Waals surface area (Å²) in [6, 6.07) is 10.7. The number of carbonyl (C=O) groups is 2. The molecule has 3 fully saturated rings. The van der Waals surface area contributed by atoms with Crippen LogP contribution in [-0.4, -0.2) is 75.4 Å². The Bertz CT molecular complexity index is 725. The van der Waals surface area contributed by atoms with Crippen LogP contribution in [0.2, 0.25) is 0 Å². The minimum absolute atomic E-state index is 0.0319. The number of urea groups is 1. The molecule has 0 aliphatic carbocycles. The van der Waals surface area contributed by atoms with Gasteiger partial charge in [0.05, 0.1) is 0 Å². The molecule has 1 aromatic carbocycles. The van der Waals surface area contributed by atoms with Gasteiger partial charge in [-0.15, -0.1) is 0 Å². The van der Waals surface area contributed by atoms with Crippen molar-refractivity contribution in [2.75, 3.05) is 31.1 Å². The van der Waals surface area contributed by atoms with Crippen LogP contribution in [0.25, 0.3) is 0 Å². The first-order chi connectivity index (χ1) is 14.0. The molecule has 5 nitrogen and oxygen atoms in total. The number of piperidine rings is 1. The molecule has 1 spiro atoms. The molecule has 3 aliphatic rings. The lowest BCUT2D eigenvalue weighted by Crippen LogP contribution is -2.58. The number of benzene rings is 1. The molecule has 29 heavy (non-hydrogen) atoms. The molecule has 3 saturated heterocycles. The van der Waals surface area contributed by atoms with E-state index in [2.05, 4.69) is 28.8 Å². The lowest BCUT2D eigenvalue weighted by atomic mass is 9.84. The first kappa shape index (κ1) is 20.7. The normalized spacial score (nSPS) is 23.6. The summed E-state index contributed by atoms with van der Waals surface area (Å²) in [4.78, 5) is 32.7. The van der Waals surface area contributed by atoms with Crippen LogP contribution in [0.4, 0.5) is 4.79 Å². The first-order valence-corrected chi connectivity index (χ1v) is 12.2. The minimum Gasteiger partial charge on any atom is -0.309 e. The molecule has 0 radical (unpaired) electrons. The maximum atomic E-state index is 13.5. The molecular formula is C23H33N3O2S. The molecule has 0 N–H and O–H groups in total. The Balaban J connectivity index is 1.51.